The summed E-state index contributed by atoms with van der Waals surface area (Å²) in [5, 5.41) is 4.08. The van der Waals surface area contributed by atoms with Crippen molar-refractivity contribution in [2.24, 2.45) is 0 Å². The van der Waals surface area contributed by atoms with Gasteiger partial charge in [-0.2, -0.15) is 10.1 Å². The van der Waals surface area contributed by atoms with Crippen LogP contribution in [0.15, 0.2) is 16.8 Å². The van der Waals surface area contributed by atoms with E-state index in [1.165, 1.54) is 6.33 Å². The number of carbonyl (C=O) groups is 2. The average Bonchev–Trinajstić information content (AvgIpc) is 3.15. The van der Waals surface area contributed by atoms with Crippen LogP contribution < -0.4 is 10.9 Å². The van der Waals surface area contributed by atoms with E-state index in [9.17, 15) is 9.59 Å². The first-order valence-electron chi connectivity index (χ1n) is 7.69. The fraction of sp³-hybridized carbons (Fsp3) is 0.312. The summed E-state index contributed by atoms with van der Waals surface area (Å²) in [5.74, 6) is 0.821. The molecule has 3 heterocycles. The zero-order valence-corrected chi connectivity index (χ0v) is 14.4. The van der Waals surface area contributed by atoms with Gasteiger partial charge in [0.05, 0.1) is 12.0 Å². The molecule has 9 nitrogen and oxygen atoms in total. The van der Waals surface area contributed by atoms with Gasteiger partial charge in [-0.05, 0) is 33.8 Å². The summed E-state index contributed by atoms with van der Waals surface area (Å²) < 4.78 is 6.88. The maximum absolute atomic E-state index is 12.2. The Morgan fingerprint density at radius 3 is 2.64 bits per heavy atom. The SMILES string of the molecule is Cc1cc(C(=O)NNC(=O)Cc2c(C)nc3ncnn3c2C)c(C)o1. The number of carbonyl (C=O) groups excluding carboxylic acids is 2. The van der Waals surface area contributed by atoms with E-state index in [0.29, 0.717) is 28.6 Å². The van der Waals surface area contributed by atoms with Gasteiger partial charge in [0.2, 0.25) is 5.91 Å². The van der Waals surface area contributed by atoms with Gasteiger partial charge in [-0.25, -0.2) is 9.50 Å². The van der Waals surface area contributed by atoms with Crippen molar-refractivity contribution in [1.82, 2.24) is 30.4 Å². The summed E-state index contributed by atoms with van der Waals surface area (Å²) in [7, 11) is 0. The fourth-order valence-corrected chi connectivity index (χ4v) is 2.67. The highest BCUT2D eigenvalue weighted by Crippen LogP contribution is 2.14. The number of nitrogens with zero attached hydrogens (tertiary/aromatic N) is 4. The van der Waals surface area contributed by atoms with Gasteiger partial charge in [0.25, 0.3) is 11.7 Å². The molecule has 3 aromatic heterocycles. The van der Waals surface area contributed by atoms with Crippen LogP contribution in [0, 0.1) is 27.7 Å². The highest BCUT2D eigenvalue weighted by molar-refractivity contribution is 5.96. The average molecular weight is 342 g/mol. The minimum atomic E-state index is -0.430. The smallest absolute Gasteiger partial charge is 0.273 e. The predicted molar refractivity (Wildman–Crippen MR) is 87.8 cm³/mol. The molecule has 0 saturated carbocycles. The maximum Gasteiger partial charge on any atom is 0.273 e. The number of furan rings is 1. The van der Waals surface area contributed by atoms with E-state index in [4.69, 9.17) is 4.42 Å². The van der Waals surface area contributed by atoms with Gasteiger partial charge in [-0.1, -0.05) is 0 Å². The van der Waals surface area contributed by atoms with Crippen molar-refractivity contribution < 1.29 is 14.0 Å². The quantitative estimate of drug-likeness (QED) is 0.685. The molecule has 0 saturated heterocycles. The number of nitrogens with one attached hydrogen (secondary N) is 2. The third-order valence-corrected chi connectivity index (χ3v) is 3.93. The van der Waals surface area contributed by atoms with Crippen molar-refractivity contribution in [3.8, 4) is 0 Å². The molecule has 3 aromatic rings. The van der Waals surface area contributed by atoms with Crippen molar-refractivity contribution in [3.05, 3.63) is 46.4 Å². The van der Waals surface area contributed by atoms with Crippen molar-refractivity contribution in [2.75, 3.05) is 0 Å². The Hall–Kier alpha value is -3.23. The number of hydrazine groups is 1. The molecule has 0 aromatic carbocycles. The highest BCUT2D eigenvalue weighted by atomic mass is 16.3. The molecule has 25 heavy (non-hydrogen) atoms. The van der Waals surface area contributed by atoms with Gasteiger partial charge >= 0.3 is 0 Å². The Kier molecular flexibility index (Phi) is 4.22. The molecule has 0 radical (unpaired) electrons. The zero-order chi connectivity index (χ0) is 18.1. The number of hydrogen-bond donors (Lipinski definition) is 2. The van der Waals surface area contributed by atoms with Crippen molar-refractivity contribution in [2.45, 2.75) is 34.1 Å². The Morgan fingerprint density at radius 1 is 1.20 bits per heavy atom. The van der Waals surface area contributed by atoms with Gasteiger partial charge in [-0.3, -0.25) is 20.4 Å². The number of rotatable bonds is 3. The molecule has 0 fully saturated rings. The summed E-state index contributed by atoms with van der Waals surface area (Å²) >= 11 is 0. The summed E-state index contributed by atoms with van der Waals surface area (Å²) in [4.78, 5) is 32.6. The first kappa shape index (κ1) is 16.6. The van der Waals surface area contributed by atoms with Crippen LogP contribution in [-0.2, 0) is 11.2 Å². The molecule has 0 spiro atoms. The molecule has 2 N–H and O–H groups in total. The Morgan fingerprint density at radius 2 is 1.96 bits per heavy atom. The molecule has 0 aliphatic carbocycles. The monoisotopic (exact) mass is 342 g/mol. The van der Waals surface area contributed by atoms with Crippen LogP contribution in [0.25, 0.3) is 5.78 Å². The van der Waals surface area contributed by atoms with Crippen LogP contribution in [0.2, 0.25) is 0 Å². The largest absolute Gasteiger partial charge is 0.466 e. The number of amides is 2. The van der Waals surface area contributed by atoms with E-state index in [1.54, 1.807) is 31.4 Å². The Balaban J connectivity index is 1.69. The number of aromatic nitrogens is 4. The lowest BCUT2D eigenvalue weighted by molar-refractivity contribution is -0.121. The third kappa shape index (κ3) is 3.21. The van der Waals surface area contributed by atoms with Crippen LogP contribution in [0.3, 0.4) is 0 Å². The molecule has 0 unspecified atom stereocenters. The first-order valence-corrected chi connectivity index (χ1v) is 7.69. The fourth-order valence-electron chi connectivity index (χ4n) is 2.67. The molecule has 0 atom stereocenters. The third-order valence-electron chi connectivity index (χ3n) is 3.93. The van der Waals surface area contributed by atoms with Gasteiger partial charge < -0.3 is 4.42 Å². The molecule has 0 aliphatic rings. The molecule has 3 rings (SSSR count). The molecular weight excluding hydrogens is 324 g/mol. The summed E-state index contributed by atoms with van der Waals surface area (Å²) in [6, 6.07) is 1.62. The van der Waals surface area contributed by atoms with Crippen LogP contribution in [0.5, 0.6) is 0 Å². The van der Waals surface area contributed by atoms with E-state index in [0.717, 1.165) is 11.3 Å². The molecule has 2 amide bonds. The standard InChI is InChI=1S/C16H18N6O3/c1-8-5-13(11(4)25-8)15(24)21-20-14(23)6-12-9(2)19-16-17-7-18-22(16)10(12)3/h5,7H,6H2,1-4H3,(H,20,23)(H,21,24). The van der Waals surface area contributed by atoms with Crippen molar-refractivity contribution in [1.29, 1.82) is 0 Å². The van der Waals surface area contributed by atoms with Crippen LogP contribution in [-0.4, -0.2) is 31.4 Å². The number of fused-ring (bicyclic) bond motifs is 1. The summed E-state index contributed by atoms with van der Waals surface area (Å²) in [5.41, 5.74) is 7.40. The van der Waals surface area contributed by atoms with E-state index in [1.807, 2.05) is 6.92 Å². The lowest BCUT2D eigenvalue weighted by atomic mass is 10.1. The second-order valence-corrected chi connectivity index (χ2v) is 5.74. The maximum atomic E-state index is 12.2. The van der Waals surface area contributed by atoms with Crippen molar-refractivity contribution >= 4 is 17.6 Å². The molecule has 0 bridgehead atoms. The van der Waals surface area contributed by atoms with Crippen LogP contribution >= 0.6 is 0 Å². The normalized spacial score (nSPS) is 10.9. The molecular formula is C16H18N6O3. The predicted octanol–water partition coefficient (Wildman–Crippen LogP) is 0.955. The second kappa shape index (κ2) is 6.34. The molecule has 130 valence electrons. The van der Waals surface area contributed by atoms with E-state index in [2.05, 4.69) is 25.9 Å². The van der Waals surface area contributed by atoms with Gasteiger partial charge in [0.15, 0.2) is 0 Å². The highest BCUT2D eigenvalue weighted by Gasteiger charge is 2.17. The first-order chi connectivity index (χ1) is 11.9. The van der Waals surface area contributed by atoms with Gasteiger partial charge in [-0.15, -0.1) is 0 Å². The zero-order valence-electron chi connectivity index (χ0n) is 14.4. The summed E-state index contributed by atoms with van der Waals surface area (Å²) in [6.07, 6.45) is 1.47. The number of aryl methyl sites for hydroxylation is 4. The molecule has 0 aliphatic heterocycles. The van der Waals surface area contributed by atoms with Gasteiger partial charge in [0, 0.05) is 17.0 Å². The van der Waals surface area contributed by atoms with Crippen LogP contribution in [0.1, 0.15) is 38.8 Å². The Bertz CT molecular complexity index is 972. The second-order valence-electron chi connectivity index (χ2n) is 5.74. The lowest BCUT2D eigenvalue weighted by Gasteiger charge is -2.11. The van der Waals surface area contributed by atoms with Crippen molar-refractivity contribution in [3.63, 3.8) is 0 Å². The van der Waals surface area contributed by atoms with E-state index >= 15 is 0 Å². The van der Waals surface area contributed by atoms with Gasteiger partial charge in [0.1, 0.15) is 17.8 Å². The number of hydrogen-bond acceptors (Lipinski definition) is 6. The minimum absolute atomic E-state index is 0.0597. The van der Waals surface area contributed by atoms with E-state index in [-0.39, 0.29) is 12.3 Å². The topological polar surface area (TPSA) is 114 Å². The lowest BCUT2D eigenvalue weighted by Crippen LogP contribution is -2.42. The summed E-state index contributed by atoms with van der Waals surface area (Å²) in [6.45, 7) is 7.09. The molecule has 9 heteroatoms. The van der Waals surface area contributed by atoms with Crippen LogP contribution in [0.4, 0.5) is 0 Å². The Labute approximate surface area is 143 Å². The minimum Gasteiger partial charge on any atom is -0.466 e. The van der Waals surface area contributed by atoms with E-state index < -0.39 is 5.91 Å².